The van der Waals surface area contributed by atoms with Crippen molar-refractivity contribution in [3.63, 3.8) is 0 Å². The van der Waals surface area contributed by atoms with Crippen LogP contribution >= 0.6 is 0 Å². The van der Waals surface area contributed by atoms with Crippen molar-refractivity contribution in [2.24, 2.45) is 11.8 Å². The maximum Gasteiger partial charge on any atom is 0.261 e. The van der Waals surface area contributed by atoms with Gasteiger partial charge >= 0.3 is 0 Å². The van der Waals surface area contributed by atoms with E-state index >= 15 is 0 Å². The summed E-state index contributed by atoms with van der Waals surface area (Å²) in [6.07, 6.45) is 14.2. The van der Waals surface area contributed by atoms with Gasteiger partial charge in [-0.1, -0.05) is 137 Å². The summed E-state index contributed by atoms with van der Waals surface area (Å²) in [5.41, 5.74) is 4.50. The van der Waals surface area contributed by atoms with Crippen LogP contribution in [0.5, 0.6) is 0 Å². The van der Waals surface area contributed by atoms with Gasteiger partial charge in [-0.25, -0.2) is 0 Å². The Balaban J connectivity index is 2.09. The second-order valence-corrected chi connectivity index (χ2v) is 17.2. The molecule has 0 saturated heterocycles. The molecule has 0 heterocycles. The van der Waals surface area contributed by atoms with Gasteiger partial charge in [-0.05, 0) is 79.6 Å². The molecule has 0 aromatic heterocycles. The lowest BCUT2D eigenvalue weighted by molar-refractivity contribution is 0.156. The van der Waals surface area contributed by atoms with Crippen molar-refractivity contribution in [3.05, 3.63) is 95.6 Å². The van der Waals surface area contributed by atoms with Crippen molar-refractivity contribution in [2.45, 2.75) is 105 Å². The Morgan fingerprint density at radius 3 is 1.92 bits per heavy atom. The molecule has 0 aliphatic heterocycles. The van der Waals surface area contributed by atoms with Gasteiger partial charge in [-0.2, -0.15) is 0 Å². The summed E-state index contributed by atoms with van der Waals surface area (Å²) in [4.78, 5) is 0. The highest BCUT2D eigenvalue weighted by Crippen LogP contribution is 2.39. The first-order valence-corrected chi connectivity index (χ1v) is 16.7. The summed E-state index contributed by atoms with van der Waals surface area (Å²) in [6, 6.07) is 22.2. The van der Waals surface area contributed by atoms with Crippen LogP contribution < -0.4 is 10.4 Å². The van der Waals surface area contributed by atoms with Crippen LogP contribution in [0, 0.1) is 11.8 Å². The lowest BCUT2D eigenvalue weighted by Gasteiger charge is -2.45. The maximum absolute atomic E-state index is 7.67. The van der Waals surface area contributed by atoms with E-state index in [1.807, 2.05) is 0 Å². The summed E-state index contributed by atoms with van der Waals surface area (Å²) in [6.45, 7) is 18.9. The van der Waals surface area contributed by atoms with Crippen molar-refractivity contribution in [1.29, 1.82) is 0 Å². The van der Waals surface area contributed by atoms with Gasteiger partial charge in [0.05, 0.1) is 0 Å². The second-order valence-electron chi connectivity index (χ2n) is 13.0. The van der Waals surface area contributed by atoms with E-state index in [0.717, 1.165) is 25.7 Å². The molecule has 2 atom stereocenters. The largest absolute Gasteiger partial charge is 0.404 e. The first-order valence-electron chi connectivity index (χ1n) is 14.8. The van der Waals surface area contributed by atoms with Crippen LogP contribution in [0.25, 0.3) is 0 Å². The van der Waals surface area contributed by atoms with E-state index in [1.54, 1.807) is 5.57 Å². The first-order chi connectivity index (χ1) is 18.0. The van der Waals surface area contributed by atoms with Crippen LogP contribution in [0.1, 0.15) is 93.9 Å². The summed E-state index contributed by atoms with van der Waals surface area (Å²) >= 11 is 0. The molecule has 0 N–H and O–H groups in total. The van der Waals surface area contributed by atoms with E-state index in [9.17, 15) is 0 Å². The molecule has 0 amide bonds. The molecule has 206 valence electrons. The van der Waals surface area contributed by atoms with Gasteiger partial charge in [-0.3, -0.25) is 0 Å². The smallest absolute Gasteiger partial charge is 0.261 e. The van der Waals surface area contributed by atoms with E-state index in [-0.39, 0.29) is 11.1 Å². The van der Waals surface area contributed by atoms with E-state index in [1.165, 1.54) is 34.4 Å². The fraction of sp³-hybridized carbons (Fsp3) is 0.500. The Labute approximate surface area is 235 Å². The number of allylic oxidation sites excluding steroid dienone is 5. The Hall–Kier alpha value is -2.16. The molecule has 2 heteroatoms. The molecule has 0 spiro atoms. The predicted octanol–water partition coefficient (Wildman–Crippen LogP) is 9.40. The Morgan fingerprint density at radius 2 is 1.39 bits per heavy atom. The van der Waals surface area contributed by atoms with Crippen molar-refractivity contribution >= 4 is 18.7 Å². The molecule has 1 nitrogen and oxygen atoms in total. The summed E-state index contributed by atoms with van der Waals surface area (Å²) < 4.78 is 7.67. The molecular formula is C36H52OSi. The minimum atomic E-state index is -2.60. The summed E-state index contributed by atoms with van der Waals surface area (Å²) in [5, 5.41) is 2.72. The molecule has 3 rings (SSSR count). The van der Waals surface area contributed by atoms with Gasteiger partial charge < -0.3 is 4.43 Å². The molecular weight excluding hydrogens is 476 g/mol. The van der Waals surface area contributed by atoms with Crippen LogP contribution in [-0.4, -0.2) is 14.4 Å². The fourth-order valence-corrected chi connectivity index (χ4v) is 10.7. The molecule has 38 heavy (non-hydrogen) atoms. The maximum atomic E-state index is 7.67. The molecule has 0 radical (unpaired) electrons. The Kier molecular flexibility index (Phi) is 11.0. The average Bonchev–Trinajstić information content (AvgIpc) is 2.86. The highest BCUT2D eigenvalue weighted by molar-refractivity contribution is 6.99. The normalized spacial score (nSPS) is 24.9. The van der Waals surface area contributed by atoms with E-state index in [0.29, 0.717) is 11.8 Å². The fourth-order valence-electron chi connectivity index (χ4n) is 5.98. The first kappa shape index (κ1) is 30.4. The van der Waals surface area contributed by atoms with Crippen LogP contribution in [0.15, 0.2) is 95.6 Å². The molecule has 1 unspecified atom stereocenters. The van der Waals surface area contributed by atoms with Gasteiger partial charge in [0.25, 0.3) is 8.32 Å². The second kappa shape index (κ2) is 13.8. The van der Waals surface area contributed by atoms with Crippen molar-refractivity contribution in [2.75, 3.05) is 0 Å². The molecule has 0 bridgehead atoms. The topological polar surface area (TPSA) is 9.23 Å². The van der Waals surface area contributed by atoms with Gasteiger partial charge in [0.1, 0.15) is 0 Å². The highest BCUT2D eigenvalue weighted by Gasteiger charge is 2.51. The minimum absolute atomic E-state index is 0.0137. The zero-order chi connectivity index (χ0) is 27.8. The molecule has 2 aromatic carbocycles. The lowest BCUT2D eigenvalue weighted by Crippen LogP contribution is -2.67. The number of hydrogen-bond acceptors (Lipinski definition) is 1. The van der Waals surface area contributed by atoms with Gasteiger partial charge in [0.2, 0.25) is 0 Å². The highest BCUT2D eigenvalue weighted by atomic mass is 28.4. The minimum Gasteiger partial charge on any atom is -0.404 e. The van der Waals surface area contributed by atoms with Crippen molar-refractivity contribution < 1.29 is 4.43 Å². The van der Waals surface area contributed by atoms with Gasteiger partial charge in [0, 0.05) is 6.10 Å². The molecule has 1 aliphatic carbocycles. The van der Waals surface area contributed by atoms with Crippen LogP contribution in [-0.2, 0) is 4.43 Å². The zero-order valence-electron chi connectivity index (χ0n) is 25.4. The molecule has 1 aliphatic rings. The quantitative estimate of drug-likeness (QED) is 0.277. The van der Waals surface area contributed by atoms with Crippen LogP contribution in [0.4, 0.5) is 0 Å². The monoisotopic (exact) mass is 528 g/mol. The third kappa shape index (κ3) is 7.93. The van der Waals surface area contributed by atoms with Gasteiger partial charge in [-0.15, -0.1) is 0 Å². The zero-order valence-corrected chi connectivity index (χ0v) is 26.4. The summed E-state index contributed by atoms with van der Waals surface area (Å²) in [7, 11) is -2.60. The van der Waals surface area contributed by atoms with Crippen molar-refractivity contribution in [1.82, 2.24) is 0 Å². The number of hydrogen-bond donors (Lipinski definition) is 0. The predicted molar refractivity (Wildman–Crippen MR) is 170 cm³/mol. The Bertz CT molecular complexity index is 1050. The third-order valence-corrected chi connectivity index (χ3v) is 13.4. The molecule has 2 aromatic rings. The molecule has 0 fully saturated rings. The third-order valence-electron chi connectivity index (χ3n) is 8.26. The summed E-state index contributed by atoms with van der Waals surface area (Å²) in [5.74, 6) is 1.18. The van der Waals surface area contributed by atoms with E-state index < -0.39 is 8.32 Å². The lowest BCUT2D eigenvalue weighted by atomic mass is 9.92. The van der Waals surface area contributed by atoms with E-state index in [2.05, 4.69) is 134 Å². The molecule has 0 saturated carbocycles. The van der Waals surface area contributed by atoms with Crippen LogP contribution in [0.3, 0.4) is 0 Å². The number of rotatable bonds is 5. The van der Waals surface area contributed by atoms with E-state index in [4.69, 9.17) is 4.43 Å². The Morgan fingerprint density at radius 1 is 0.816 bits per heavy atom. The SMILES string of the molecule is C/C1=C\CC[C@H](C)CC(O[Si](c2ccccc2)(c2ccccc2)C(C)(C)C)C/C(C)=C/C=C(/C(C)C)CC1. The van der Waals surface area contributed by atoms with Crippen LogP contribution in [0.2, 0.25) is 5.04 Å². The van der Waals surface area contributed by atoms with Gasteiger partial charge in [0.15, 0.2) is 0 Å². The standard InChI is InChI=1S/C36H52OSi/c1-28(2)32-24-22-29(3)16-15-17-30(4)26-33(27-31(5)23-25-32)37-38(36(6,7)8,34-18-11-9-12-19-34)35-20-13-10-14-21-35/h9-14,16,18-21,23,25,28,30,33H,15,17,22,24,26-27H2,1-8H3/b29-16+,31-23+,32-25+/t30-,33?/m0/s1. The average molecular weight is 529 g/mol. The number of benzene rings is 2. The van der Waals surface area contributed by atoms with Crippen molar-refractivity contribution in [3.8, 4) is 0 Å².